The number of pyridine rings is 1. The number of carbonyl (C=O) groups is 2. The van der Waals surface area contributed by atoms with Gasteiger partial charge in [-0.05, 0) is 32.9 Å². The molecule has 0 fully saturated rings. The summed E-state index contributed by atoms with van der Waals surface area (Å²) in [5.41, 5.74) is -0.181. The molecule has 0 bridgehead atoms. The van der Waals surface area contributed by atoms with Gasteiger partial charge in [-0.25, -0.2) is 4.79 Å². The van der Waals surface area contributed by atoms with E-state index in [1.54, 1.807) is 32.9 Å². The predicted molar refractivity (Wildman–Crippen MR) is 72.0 cm³/mol. The van der Waals surface area contributed by atoms with Crippen molar-refractivity contribution in [3.8, 4) is 0 Å². The summed E-state index contributed by atoms with van der Waals surface area (Å²) in [5.74, 6) is 0. The molecule has 0 N–H and O–H groups in total. The van der Waals surface area contributed by atoms with E-state index in [9.17, 15) is 9.59 Å². The van der Waals surface area contributed by atoms with Crippen molar-refractivity contribution in [2.75, 3.05) is 7.05 Å². The summed E-state index contributed by atoms with van der Waals surface area (Å²) in [4.78, 5) is 28.3. The van der Waals surface area contributed by atoms with E-state index in [0.29, 0.717) is 17.0 Å². The van der Waals surface area contributed by atoms with Crippen molar-refractivity contribution in [2.24, 2.45) is 0 Å². The number of aldehydes is 1. The minimum atomic E-state index is -0.799. The zero-order valence-electron chi connectivity index (χ0n) is 11.4. The third-order valence-electron chi connectivity index (χ3n) is 2.28. The number of aromatic nitrogens is 1. The molecule has 0 saturated carbocycles. The zero-order chi connectivity index (χ0) is 14.6. The van der Waals surface area contributed by atoms with E-state index < -0.39 is 17.7 Å². The van der Waals surface area contributed by atoms with E-state index in [4.69, 9.17) is 16.3 Å². The Morgan fingerprint density at radius 3 is 2.53 bits per heavy atom. The predicted octanol–water partition coefficient (Wildman–Crippen LogP) is 2.84. The molecule has 0 radical (unpaired) electrons. The average molecular weight is 285 g/mol. The van der Waals surface area contributed by atoms with Gasteiger partial charge in [0.1, 0.15) is 17.9 Å². The van der Waals surface area contributed by atoms with Gasteiger partial charge in [0.05, 0.1) is 10.7 Å². The molecule has 1 rings (SSSR count). The number of hydrogen-bond acceptors (Lipinski definition) is 4. The fourth-order valence-electron chi connectivity index (χ4n) is 1.37. The smallest absolute Gasteiger partial charge is 0.410 e. The first kappa shape index (κ1) is 15.4. The SMILES string of the molecule is CN(C(=O)OC(C)(C)C)C(C=O)c1ccc(Cl)cn1. The number of amides is 1. The first-order valence-corrected chi connectivity index (χ1v) is 6.15. The van der Waals surface area contributed by atoms with Crippen molar-refractivity contribution in [1.29, 1.82) is 0 Å². The minimum absolute atomic E-state index is 0.438. The van der Waals surface area contributed by atoms with Gasteiger partial charge >= 0.3 is 6.09 Å². The van der Waals surface area contributed by atoms with Crippen molar-refractivity contribution in [3.05, 3.63) is 29.0 Å². The van der Waals surface area contributed by atoms with Crippen LogP contribution in [0.1, 0.15) is 32.5 Å². The molecule has 6 heteroatoms. The van der Waals surface area contributed by atoms with Crippen LogP contribution < -0.4 is 0 Å². The number of likely N-dealkylation sites (N-methyl/N-ethyl adjacent to an activating group) is 1. The maximum absolute atomic E-state index is 11.9. The second-order valence-electron chi connectivity index (χ2n) is 5.07. The molecule has 1 heterocycles. The molecule has 1 amide bonds. The summed E-state index contributed by atoms with van der Waals surface area (Å²) in [6.45, 7) is 5.28. The quantitative estimate of drug-likeness (QED) is 0.801. The molecule has 104 valence electrons. The van der Waals surface area contributed by atoms with E-state index in [2.05, 4.69) is 4.98 Å². The van der Waals surface area contributed by atoms with Gasteiger partial charge in [0, 0.05) is 13.2 Å². The van der Waals surface area contributed by atoms with Gasteiger partial charge in [0.2, 0.25) is 0 Å². The minimum Gasteiger partial charge on any atom is -0.444 e. The van der Waals surface area contributed by atoms with Crippen LogP contribution in [0.3, 0.4) is 0 Å². The largest absolute Gasteiger partial charge is 0.444 e. The Balaban J connectivity index is 2.88. The number of nitrogens with zero attached hydrogens (tertiary/aromatic N) is 2. The van der Waals surface area contributed by atoms with Crippen LogP contribution in [0, 0.1) is 0 Å². The molecular formula is C13H17ClN2O3. The molecule has 0 aliphatic rings. The van der Waals surface area contributed by atoms with Crippen molar-refractivity contribution >= 4 is 24.0 Å². The number of rotatable bonds is 3. The molecule has 0 spiro atoms. The number of hydrogen-bond donors (Lipinski definition) is 0. The van der Waals surface area contributed by atoms with Crippen molar-refractivity contribution in [1.82, 2.24) is 9.88 Å². The lowest BCUT2D eigenvalue weighted by molar-refractivity contribution is -0.112. The fraction of sp³-hybridized carbons (Fsp3) is 0.462. The van der Waals surface area contributed by atoms with Crippen molar-refractivity contribution < 1.29 is 14.3 Å². The summed E-state index contributed by atoms with van der Waals surface area (Å²) >= 11 is 5.73. The molecule has 0 aliphatic carbocycles. The lowest BCUT2D eigenvalue weighted by Gasteiger charge is -2.27. The Morgan fingerprint density at radius 1 is 1.47 bits per heavy atom. The Morgan fingerprint density at radius 2 is 2.11 bits per heavy atom. The maximum atomic E-state index is 11.9. The molecule has 19 heavy (non-hydrogen) atoms. The summed E-state index contributed by atoms with van der Waals surface area (Å²) < 4.78 is 5.20. The molecule has 1 aromatic rings. The van der Waals surface area contributed by atoms with Gasteiger partial charge in [-0.15, -0.1) is 0 Å². The maximum Gasteiger partial charge on any atom is 0.410 e. The summed E-state index contributed by atoms with van der Waals surface area (Å²) in [6, 6.07) is 2.41. The highest BCUT2D eigenvalue weighted by Crippen LogP contribution is 2.19. The first-order valence-electron chi connectivity index (χ1n) is 5.77. The topological polar surface area (TPSA) is 59.5 Å². The Kier molecular flexibility index (Phi) is 4.89. The highest BCUT2D eigenvalue weighted by atomic mass is 35.5. The number of ether oxygens (including phenoxy) is 1. The Bertz CT molecular complexity index is 454. The average Bonchev–Trinajstić information content (AvgIpc) is 2.30. The Hall–Kier alpha value is -1.62. The second-order valence-corrected chi connectivity index (χ2v) is 5.51. The fourth-order valence-corrected chi connectivity index (χ4v) is 1.48. The number of carbonyl (C=O) groups excluding carboxylic acids is 2. The molecule has 1 atom stereocenters. The van der Waals surface area contributed by atoms with Crippen LogP contribution in [0.5, 0.6) is 0 Å². The Labute approximate surface area is 117 Å². The monoisotopic (exact) mass is 284 g/mol. The van der Waals surface area contributed by atoms with Crippen molar-refractivity contribution in [2.45, 2.75) is 32.4 Å². The molecule has 0 aromatic carbocycles. The van der Waals surface area contributed by atoms with Gasteiger partial charge in [-0.1, -0.05) is 11.6 Å². The van der Waals surface area contributed by atoms with Crippen LogP contribution in [-0.2, 0) is 9.53 Å². The lowest BCUT2D eigenvalue weighted by Crippen LogP contribution is -2.37. The van der Waals surface area contributed by atoms with Crippen LogP contribution in [0.4, 0.5) is 4.79 Å². The van der Waals surface area contributed by atoms with Crippen LogP contribution in [-0.4, -0.2) is 34.9 Å². The third-order valence-corrected chi connectivity index (χ3v) is 2.50. The second kappa shape index (κ2) is 6.02. The van der Waals surface area contributed by atoms with E-state index in [1.807, 2.05) is 0 Å². The van der Waals surface area contributed by atoms with E-state index in [1.165, 1.54) is 18.1 Å². The lowest BCUT2D eigenvalue weighted by atomic mass is 10.2. The van der Waals surface area contributed by atoms with E-state index in [0.717, 1.165) is 0 Å². The molecule has 1 unspecified atom stereocenters. The van der Waals surface area contributed by atoms with Crippen LogP contribution >= 0.6 is 11.6 Å². The molecule has 0 aliphatic heterocycles. The van der Waals surface area contributed by atoms with E-state index in [-0.39, 0.29) is 0 Å². The van der Waals surface area contributed by atoms with Gasteiger partial charge in [0.25, 0.3) is 0 Å². The van der Waals surface area contributed by atoms with Crippen LogP contribution in [0.25, 0.3) is 0 Å². The van der Waals surface area contributed by atoms with E-state index >= 15 is 0 Å². The zero-order valence-corrected chi connectivity index (χ0v) is 12.1. The summed E-state index contributed by atoms with van der Waals surface area (Å²) in [6.07, 6.45) is 1.48. The highest BCUT2D eigenvalue weighted by molar-refractivity contribution is 6.30. The summed E-state index contributed by atoms with van der Waals surface area (Å²) in [5, 5.41) is 0.466. The van der Waals surface area contributed by atoms with Gasteiger partial charge in [-0.3, -0.25) is 9.88 Å². The molecule has 1 aromatic heterocycles. The molecule has 0 saturated heterocycles. The van der Waals surface area contributed by atoms with Gasteiger partial charge in [-0.2, -0.15) is 0 Å². The molecule has 5 nitrogen and oxygen atoms in total. The normalized spacial score (nSPS) is 12.7. The van der Waals surface area contributed by atoms with Crippen molar-refractivity contribution in [3.63, 3.8) is 0 Å². The third kappa shape index (κ3) is 4.52. The standard InChI is InChI=1S/C13H17ClN2O3/c1-13(2,3)19-12(18)16(4)11(8-17)10-6-5-9(14)7-15-10/h5-8,11H,1-4H3. The molecular weight excluding hydrogens is 268 g/mol. The van der Waals surface area contributed by atoms with Crippen LogP contribution in [0.2, 0.25) is 5.02 Å². The highest BCUT2D eigenvalue weighted by Gasteiger charge is 2.26. The number of halogens is 1. The van der Waals surface area contributed by atoms with Gasteiger partial charge < -0.3 is 9.53 Å². The first-order chi connectivity index (χ1) is 8.74. The van der Waals surface area contributed by atoms with Gasteiger partial charge in [0.15, 0.2) is 0 Å². The summed E-state index contributed by atoms with van der Waals surface area (Å²) in [7, 11) is 1.49. The van der Waals surface area contributed by atoms with Crippen LogP contribution in [0.15, 0.2) is 18.3 Å².